The monoisotopic (exact) mass is 543 g/mol. The molecule has 1 fully saturated rings. The lowest BCUT2D eigenvalue weighted by atomic mass is 9.79. The molecule has 0 aromatic heterocycles. The van der Waals surface area contributed by atoms with Gasteiger partial charge in [-0.3, -0.25) is 0 Å². The molecule has 0 bridgehead atoms. The van der Waals surface area contributed by atoms with Crippen molar-refractivity contribution in [2.45, 2.75) is 84.3 Å². The minimum atomic E-state index is -0.418. The Morgan fingerprint density at radius 3 is 1.83 bits per heavy atom. The van der Waals surface area contributed by atoms with Gasteiger partial charge in [-0.2, -0.15) is 0 Å². The second-order valence-electron chi connectivity index (χ2n) is 14.2. The van der Waals surface area contributed by atoms with Gasteiger partial charge in [-0.15, -0.1) is 0 Å². The molecule has 0 amide bonds. The molecule has 210 valence electrons. The molecular formula is C37H42BNO2. The normalized spacial score (nSPS) is 18.2. The van der Waals surface area contributed by atoms with Crippen LogP contribution in [0, 0.1) is 0 Å². The summed E-state index contributed by atoms with van der Waals surface area (Å²) in [5, 5.41) is 0. The zero-order valence-corrected chi connectivity index (χ0v) is 26.0. The van der Waals surface area contributed by atoms with E-state index < -0.39 is 18.3 Å². The highest BCUT2D eigenvalue weighted by molar-refractivity contribution is 6.62. The van der Waals surface area contributed by atoms with Crippen molar-refractivity contribution in [1.29, 1.82) is 0 Å². The Morgan fingerprint density at radius 1 is 0.585 bits per heavy atom. The topological polar surface area (TPSA) is 21.7 Å². The summed E-state index contributed by atoms with van der Waals surface area (Å²) in [6.45, 7) is 19.9. The van der Waals surface area contributed by atoms with Crippen LogP contribution in [0.2, 0.25) is 0 Å². The second-order valence-corrected chi connectivity index (χ2v) is 14.2. The molecule has 0 N–H and O–H groups in total. The molecule has 0 saturated carbocycles. The molecule has 0 radical (unpaired) electrons. The lowest BCUT2D eigenvalue weighted by Gasteiger charge is -2.32. The number of fused-ring (bicyclic) bond motifs is 3. The Kier molecular flexibility index (Phi) is 6.34. The molecule has 0 spiro atoms. The molecular weight excluding hydrogens is 501 g/mol. The average Bonchev–Trinajstić information content (AvgIpc) is 3.28. The Balaban J connectivity index is 1.47. The van der Waals surface area contributed by atoms with Gasteiger partial charge >= 0.3 is 7.12 Å². The van der Waals surface area contributed by atoms with Crippen molar-refractivity contribution < 1.29 is 9.31 Å². The molecule has 3 nitrogen and oxygen atoms in total. The van der Waals surface area contributed by atoms with Crippen molar-refractivity contribution in [2.75, 3.05) is 4.90 Å². The van der Waals surface area contributed by atoms with Gasteiger partial charge in [0.05, 0.1) is 11.2 Å². The first kappa shape index (κ1) is 27.8. The van der Waals surface area contributed by atoms with Crippen molar-refractivity contribution in [3.8, 4) is 11.1 Å². The zero-order chi connectivity index (χ0) is 29.4. The van der Waals surface area contributed by atoms with Gasteiger partial charge in [-0.05, 0) is 103 Å². The molecule has 41 heavy (non-hydrogen) atoms. The van der Waals surface area contributed by atoms with Crippen LogP contribution in [0.1, 0.15) is 79.0 Å². The Hall–Kier alpha value is -3.34. The van der Waals surface area contributed by atoms with Crippen molar-refractivity contribution in [3.63, 3.8) is 0 Å². The minimum Gasteiger partial charge on any atom is -0.399 e. The summed E-state index contributed by atoms with van der Waals surface area (Å²) >= 11 is 0. The van der Waals surface area contributed by atoms with E-state index in [2.05, 4.69) is 158 Å². The number of rotatable bonds is 4. The summed E-state index contributed by atoms with van der Waals surface area (Å²) in [6, 6.07) is 33.4. The van der Waals surface area contributed by atoms with Crippen LogP contribution < -0.4 is 10.4 Å². The van der Waals surface area contributed by atoms with Gasteiger partial charge in [-0.25, -0.2) is 0 Å². The fourth-order valence-corrected chi connectivity index (χ4v) is 6.18. The van der Waals surface area contributed by atoms with Crippen LogP contribution in [0.25, 0.3) is 11.1 Å². The lowest BCUT2D eigenvalue weighted by molar-refractivity contribution is 0.00578. The van der Waals surface area contributed by atoms with E-state index in [9.17, 15) is 0 Å². The summed E-state index contributed by atoms with van der Waals surface area (Å²) in [7, 11) is -0.418. The second kappa shape index (κ2) is 9.34. The fourth-order valence-electron chi connectivity index (χ4n) is 6.18. The van der Waals surface area contributed by atoms with Crippen LogP contribution in [0.15, 0.2) is 91.0 Å². The largest absolute Gasteiger partial charge is 0.494 e. The summed E-state index contributed by atoms with van der Waals surface area (Å²) in [5.41, 5.74) is 10.3. The maximum atomic E-state index is 6.43. The standard InChI is InChI=1S/C37H42BNO2/c1-34(2,3)25-17-19-27(20-18-25)39(28-14-12-13-26(23-28)38-40-36(6,7)37(8,9)41-38)29-21-22-31-30-15-10-11-16-32(30)35(4,5)33(31)24-29/h10-24H,1-9H3. The SMILES string of the molecule is CC(C)(C)c1ccc(N(c2cccc(B3OC(C)(C)C(C)(C)O3)c2)c2ccc3c(c2)C(C)(C)c2ccccc2-3)cc1. The molecule has 6 rings (SSSR count). The number of hydrogen-bond acceptors (Lipinski definition) is 3. The number of nitrogens with zero attached hydrogens (tertiary/aromatic N) is 1. The van der Waals surface area contributed by atoms with Gasteiger partial charge in [0.2, 0.25) is 0 Å². The van der Waals surface area contributed by atoms with E-state index in [1.165, 1.54) is 27.8 Å². The van der Waals surface area contributed by atoms with Gasteiger partial charge < -0.3 is 14.2 Å². The third-order valence-electron chi connectivity index (χ3n) is 9.47. The molecule has 0 unspecified atom stereocenters. The summed E-state index contributed by atoms with van der Waals surface area (Å²) < 4.78 is 12.9. The van der Waals surface area contributed by atoms with Crippen molar-refractivity contribution in [2.24, 2.45) is 0 Å². The maximum Gasteiger partial charge on any atom is 0.494 e. The molecule has 4 aromatic carbocycles. The van der Waals surface area contributed by atoms with E-state index in [-0.39, 0.29) is 10.8 Å². The summed E-state index contributed by atoms with van der Waals surface area (Å²) in [6.07, 6.45) is 0. The Labute approximate surface area is 246 Å². The van der Waals surface area contributed by atoms with Crippen LogP contribution in [-0.2, 0) is 20.1 Å². The molecule has 0 atom stereocenters. The Bertz CT molecular complexity index is 1600. The third kappa shape index (κ3) is 4.62. The maximum absolute atomic E-state index is 6.43. The number of anilines is 3. The smallest absolute Gasteiger partial charge is 0.399 e. The highest BCUT2D eigenvalue weighted by Gasteiger charge is 2.51. The minimum absolute atomic E-state index is 0.0752. The predicted molar refractivity (Wildman–Crippen MR) is 173 cm³/mol. The van der Waals surface area contributed by atoms with Crippen LogP contribution in [0.4, 0.5) is 17.1 Å². The van der Waals surface area contributed by atoms with E-state index in [1.807, 2.05) is 0 Å². The molecule has 4 heteroatoms. The van der Waals surface area contributed by atoms with E-state index in [0.717, 1.165) is 22.5 Å². The first-order chi connectivity index (χ1) is 19.2. The first-order valence-electron chi connectivity index (χ1n) is 14.8. The molecule has 4 aromatic rings. The first-order valence-corrected chi connectivity index (χ1v) is 14.8. The molecule has 1 aliphatic carbocycles. The van der Waals surface area contributed by atoms with E-state index in [0.29, 0.717) is 0 Å². The highest BCUT2D eigenvalue weighted by Crippen LogP contribution is 2.50. The predicted octanol–water partition coefficient (Wildman–Crippen LogP) is 9.06. The van der Waals surface area contributed by atoms with Gasteiger partial charge in [0.15, 0.2) is 0 Å². The summed E-state index contributed by atoms with van der Waals surface area (Å²) in [4.78, 5) is 2.36. The number of benzene rings is 4. The van der Waals surface area contributed by atoms with Crippen molar-refractivity contribution in [3.05, 3.63) is 108 Å². The van der Waals surface area contributed by atoms with Crippen LogP contribution in [0.5, 0.6) is 0 Å². The number of hydrogen-bond donors (Lipinski definition) is 0. The van der Waals surface area contributed by atoms with E-state index >= 15 is 0 Å². The zero-order valence-electron chi connectivity index (χ0n) is 26.0. The van der Waals surface area contributed by atoms with Crippen LogP contribution in [0.3, 0.4) is 0 Å². The van der Waals surface area contributed by atoms with Crippen LogP contribution >= 0.6 is 0 Å². The van der Waals surface area contributed by atoms with E-state index in [1.54, 1.807) is 0 Å². The summed E-state index contributed by atoms with van der Waals surface area (Å²) in [5.74, 6) is 0. The van der Waals surface area contributed by atoms with Crippen LogP contribution in [-0.4, -0.2) is 18.3 Å². The van der Waals surface area contributed by atoms with Gasteiger partial charge in [0.1, 0.15) is 0 Å². The fraction of sp³-hybridized carbons (Fsp3) is 0.351. The molecule has 1 saturated heterocycles. The molecule has 1 heterocycles. The van der Waals surface area contributed by atoms with Gasteiger partial charge in [0.25, 0.3) is 0 Å². The van der Waals surface area contributed by atoms with Crippen molar-refractivity contribution >= 4 is 29.6 Å². The molecule has 2 aliphatic rings. The average molecular weight is 544 g/mol. The third-order valence-corrected chi connectivity index (χ3v) is 9.47. The quantitative estimate of drug-likeness (QED) is 0.240. The Morgan fingerprint density at radius 2 is 1.17 bits per heavy atom. The molecule has 1 aliphatic heterocycles. The van der Waals surface area contributed by atoms with Gasteiger partial charge in [0, 0.05) is 22.5 Å². The highest BCUT2D eigenvalue weighted by atomic mass is 16.7. The van der Waals surface area contributed by atoms with Gasteiger partial charge in [-0.1, -0.05) is 89.2 Å². The van der Waals surface area contributed by atoms with Crippen molar-refractivity contribution in [1.82, 2.24) is 0 Å². The lowest BCUT2D eigenvalue weighted by Crippen LogP contribution is -2.41. The van der Waals surface area contributed by atoms with E-state index in [4.69, 9.17) is 9.31 Å².